The number of fused-ring (bicyclic) bond motifs is 2. The Hall–Kier alpha value is -4.34. The first kappa shape index (κ1) is 25.0. The number of morpholine rings is 1. The number of carbonyl (C=O) groups is 2. The molecule has 2 aliphatic rings. The van der Waals surface area contributed by atoms with Crippen molar-refractivity contribution in [2.75, 3.05) is 37.8 Å². The number of benzene rings is 3. The van der Waals surface area contributed by atoms with Crippen LogP contribution in [0.3, 0.4) is 0 Å². The van der Waals surface area contributed by atoms with E-state index in [1.54, 1.807) is 15.9 Å². The lowest BCUT2D eigenvalue weighted by Crippen LogP contribution is -2.45. The normalized spacial score (nSPS) is 16.9. The second-order valence-electron chi connectivity index (χ2n) is 9.68. The number of rotatable bonds is 6. The van der Waals surface area contributed by atoms with E-state index in [1.807, 2.05) is 66.7 Å². The van der Waals surface area contributed by atoms with Crippen LogP contribution < -0.4 is 10.5 Å². The van der Waals surface area contributed by atoms with Gasteiger partial charge in [-0.05, 0) is 23.3 Å². The molecule has 198 valence electrons. The number of carbonyl (C=O) groups excluding carboxylic acids is 2. The van der Waals surface area contributed by atoms with Gasteiger partial charge in [-0.1, -0.05) is 60.7 Å². The molecule has 2 aliphatic heterocycles. The topological polar surface area (TPSA) is 105 Å². The molecule has 1 atom stereocenters. The van der Waals surface area contributed by atoms with Crippen molar-refractivity contribution in [3.05, 3.63) is 94.3 Å². The second kappa shape index (κ2) is 10.8. The highest BCUT2D eigenvalue weighted by Gasteiger charge is 2.35. The van der Waals surface area contributed by atoms with Crippen LogP contribution in [0.1, 0.15) is 11.1 Å². The summed E-state index contributed by atoms with van der Waals surface area (Å²) in [5, 5.41) is 8.18. The summed E-state index contributed by atoms with van der Waals surface area (Å²) in [6, 6.07) is 22.7. The Morgan fingerprint density at radius 2 is 1.64 bits per heavy atom. The summed E-state index contributed by atoms with van der Waals surface area (Å²) in [6.07, 6.45) is 0.157. The zero-order valence-corrected chi connectivity index (χ0v) is 21.3. The molecular formula is C30H28N4O5. The van der Waals surface area contributed by atoms with Crippen LogP contribution in [0.5, 0.6) is 0 Å². The molecule has 9 heteroatoms. The van der Waals surface area contributed by atoms with Crippen LogP contribution in [0.2, 0.25) is 0 Å². The maximum Gasteiger partial charge on any atom is 0.272 e. The number of nitrogens with one attached hydrogen (secondary N) is 1. The van der Waals surface area contributed by atoms with E-state index in [2.05, 4.69) is 10.2 Å². The van der Waals surface area contributed by atoms with Gasteiger partial charge in [0.1, 0.15) is 12.8 Å². The summed E-state index contributed by atoms with van der Waals surface area (Å²) in [5.74, 6) is -0.204. The third-order valence-electron chi connectivity index (χ3n) is 7.24. The molecule has 2 amide bonds. The number of ether oxygens (including phenoxy) is 2. The minimum atomic E-state index is -0.545. The largest absolute Gasteiger partial charge is 0.378 e. The van der Waals surface area contributed by atoms with Crippen molar-refractivity contribution in [3.63, 3.8) is 0 Å². The van der Waals surface area contributed by atoms with Gasteiger partial charge in [-0.25, -0.2) is 5.10 Å². The Balaban J connectivity index is 1.18. The summed E-state index contributed by atoms with van der Waals surface area (Å²) in [4.78, 5) is 41.8. The number of para-hydroxylation sites is 1. The van der Waals surface area contributed by atoms with E-state index in [0.717, 1.165) is 27.8 Å². The summed E-state index contributed by atoms with van der Waals surface area (Å²) in [6.45, 7) is 2.07. The van der Waals surface area contributed by atoms with Crippen molar-refractivity contribution in [1.29, 1.82) is 0 Å². The zero-order chi connectivity index (χ0) is 26.8. The number of anilines is 1. The lowest BCUT2D eigenvalue weighted by atomic mass is 10.0. The molecule has 0 radical (unpaired) electrons. The van der Waals surface area contributed by atoms with Gasteiger partial charge in [0.15, 0.2) is 0 Å². The first-order valence-corrected chi connectivity index (χ1v) is 13.0. The molecule has 1 saturated heterocycles. The summed E-state index contributed by atoms with van der Waals surface area (Å²) in [5.41, 5.74) is 3.95. The molecule has 9 nitrogen and oxygen atoms in total. The van der Waals surface area contributed by atoms with Gasteiger partial charge in [-0.2, -0.15) is 5.10 Å². The molecule has 1 unspecified atom stereocenters. The molecule has 1 fully saturated rings. The van der Waals surface area contributed by atoms with Crippen LogP contribution in [-0.4, -0.2) is 66.0 Å². The minimum Gasteiger partial charge on any atom is -0.378 e. The van der Waals surface area contributed by atoms with E-state index in [1.165, 1.54) is 0 Å². The number of H-pyrrole nitrogens is 1. The summed E-state index contributed by atoms with van der Waals surface area (Å²) >= 11 is 0. The van der Waals surface area contributed by atoms with Gasteiger partial charge in [0, 0.05) is 36.1 Å². The highest BCUT2D eigenvalue weighted by molar-refractivity contribution is 5.97. The van der Waals surface area contributed by atoms with Crippen LogP contribution >= 0.6 is 0 Å². The fraction of sp³-hybridized carbons (Fsp3) is 0.267. The molecule has 0 bridgehead atoms. The van der Waals surface area contributed by atoms with Crippen LogP contribution in [0.25, 0.3) is 22.0 Å². The molecule has 3 heterocycles. The average molecular weight is 525 g/mol. The smallest absolute Gasteiger partial charge is 0.272 e. The monoisotopic (exact) mass is 524 g/mol. The molecule has 1 aromatic heterocycles. The standard InChI is InChI=1S/C30H28N4O5/c35-26(17-20-9-11-21(12-10-20)29-23-6-2-3-7-24(23)30(37)32-31-29)34-25-8-4-1-5-22(25)18-28(34)39-19-27(36)33-13-15-38-16-14-33/h1-12,28H,13-19H2,(H,32,37). The van der Waals surface area contributed by atoms with Crippen molar-refractivity contribution in [2.45, 2.75) is 19.1 Å². The Bertz CT molecular complexity index is 1580. The number of nitrogens with zero attached hydrogens (tertiary/aromatic N) is 3. The minimum absolute atomic E-state index is 0.0861. The average Bonchev–Trinajstić information content (AvgIpc) is 3.36. The lowest BCUT2D eigenvalue weighted by molar-refractivity contribution is -0.143. The molecule has 0 saturated carbocycles. The van der Waals surface area contributed by atoms with Crippen LogP contribution in [0.4, 0.5) is 5.69 Å². The molecule has 39 heavy (non-hydrogen) atoms. The van der Waals surface area contributed by atoms with Crippen molar-refractivity contribution in [3.8, 4) is 11.3 Å². The number of aromatic amines is 1. The first-order chi connectivity index (χ1) is 19.1. The molecule has 6 rings (SSSR count). The molecule has 0 spiro atoms. The lowest BCUT2D eigenvalue weighted by Gasteiger charge is -2.29. The van der Waals surface area contributed by atoms with E-state index in [9.17, 15) is 14.4 Å². The van der Waals surface area contributed by atoms with E-state index < -0.39 is 6.23 Å². The quantitative estimate of drug-likeness (QED) is 0.416. The fourth-order valence-corrected chi connectivity index (χ4v) is 5.23. The predicted octanol–water partition coefficient (Wildman–Crippen LogP) is 2.92. The summed E-state index contributed by atoms with van der Waals surface area (Å²) < 4.78 is 11.4. The Kier molecular flexibility index (Phi) is 6.91. The van der Waals surface area contributed by atoms with E-state index in [4.69, 9.17) is 9.47 Å². The zero-order valence-electron chi connectivity index (χ0n) is 21.3. The molecule has 0 aliphatic carbocycles. The Labute approximate surface area is 225 Å². The van der Waals surface area contributed by atoms with Gasteiger partial charge in [0.25, 0.3) is 5.56 Å². The third-order valence-corrected chi connectivity index (χ3v) is 7.24. The SMILES string of the molecule is O=C(COC1Cc2ccccc2N1C(=O)Cc1ccc(-c2n[nH]c(=O)c3ccccc23)cc1)N1CCOCC1. The number of hydrogen-bond acceptors (Lipinski definition) is 6. The van der Waals surface area contributed by atoms with Crippen LogP contribution in [0.15, 0.2) is 77.6 Å². The highest BCUT2D eigenvalue weighted by atomic mass is 16.5. The summed E-state index contributed by atoms with van der Waals surface area (Å²) in [7, 11) is 0. The van der Waals surface area contributed by atoms with Crippen LogP contribution in [-0.2, 0) is 31.9 Å². The highest BCUT2D eigenvalue weighted by Crippen LogP contribution is 2.33. The Morgan fingerprint density at radius 1 is 0.923 bits per heavy atom. The third kappa shape index (κ3) is 5.06. The molecular weight excluding hydrogens is 496 g/mol. The van der Waals surface area contributed by atoms with E-state index in [0.29, 0.717) is 43.8 Å². The second-order valence-corrected chi connectivity index (χ2v) is 9.68. The van der Waals surface area contributed by atoms with Gasteiger partial charge in [-0.3, -0.25) is 19.3 Å². The number of hydrogen-bond donors (Lipinski definition) is 1. The molecule has 1 N–H and O–H groups in total. The Morgan fingerprint density at radius 3 is 2.44 bits per heavy atom. The van der Waals surface area contributed by atoms with Crippen molar-refractivity contribution in [2.24, 2.45) is 0 Å². The van der Waals surface area contributed by atoms with Gasteiger partial charge in [0.2, 0.25) is 11.8 Å². The van der Waals surface area contributed by atoms with Crippen LogP contribution in [0, 0.1) is 0 Å². The van der Waals surface area contributed by atoms with E-state index in [-0.39, 0.29) is 30.4 Å². The van der Waals surface area contributed by atoms with Crippen molar-refractivity contribution < 1.29 is 19.1 Å². The molecule has 4 aromatic rings. The molecule has 3 aromatic carbocycles. The maximum atomic E-state index is 13.6. The van der Waals surface area contributed by atoms with Gasteiger partial charge < -0.3 is 14.4 Å². The van der Waals surface area contributed by atoms with Gasteiger partial charge in [-0.15, -0.1) is 0 Å². The number of aromatic nitrogens is 2. The van der Waals surface area contributed by atoms with Crippen molar-refractivity contribution >= 4 is 28.3 Å². The van der Waals surface area contributed by atoms with E-state index >= 15 is 0 Å². The maximum absolute atomic E-state index is 13.6. The van der Waals surface area contributed by atoms with Gasteiger partial charge >= 0.3 is 0 Å². The first-order valence-electron chi connectivity index (χ1n) is 13.0. The predicted molar refractivity (Wildman–Crippen MR) is 146 cm³/mol. The van der Waals surface area contributed by atoms with Gasteiger partial charge in [0.05, 0.1) is 30.7 Å². The van der Waals surface area contributed by atoms with Crippen molar-refractivity contribution in [1.82, 2.24) is 15.1 Å². The fourth-order valence-electron chi connectivity index (χ4n) is 5.23. The number of amides is 2.